The number of rotatable bonds is 0. The van der Waals surface area contributed by atoms with E-state index in [1.807, 2.05) is 36.9 Å². The van der Waals surface area contributed by atoms with Crippen LogP contribution in [0.15, 0.2) is 18.2 Å². The summed E-state index contributed by atoms with van der Waals surface area (Å²) in [4.78, 5) is 12.2. The number of hydrogen-bond acceptors (Lipinski definition) is 3. The number of carbonyl (C=O) groups excluding carboxylic acids is 1. The molecule has 1 aromatic rings. The lowest BCUT2D eigenvalue weighted by Gasteiger charge is -2.40. The highest BCUT2D eigenvalue weighted by Gasteiger charge is 2.41. The van der Waals surface area contributed by atoms with Crippen molar-refractivity contribution in [1.82, 2.24) is 0 Å². The molecule has 1 fully saturated rings. The van der Waals surface area contributed by atoms with E-state index in [-0.39, 0.29) is 11.4 Å². The molecule has 1 spiro atoms. The molecule has 17 heavy (non-hydrogen) atoms. The summed E-state index contributed by atoms with van der Waals surface area (Å²) in [6.45, 7) is 2.01. The fourth-order valence-electron chi connectivity index (χ4n) is 2.65. The lowest BCUT2D eigenvalue weighted by molar-refractivity contribution is 0.0479. The highest BCUT2D eigenvalue weighted by atomic mass is 32.2. The summed E-state index contributed by atoms with van der Waals surface area (Å²) in [5.74, 6) is 3.18. The summed E-state index contributed by atoms with van der Waals surface area (Å²) in [6, 6.07) is 5.91. The molecule has 1 atom stereocenters. The van der Waals surface area contributed by atoms with Crippen molar-refractivity contribution >= 4 is 17.5 Å². The van der Waals surface area contributed by atoms with Crippen molar-refractivity contribution in [2.45, 2.75) is 31.8 Å². The van der Waals surface area contributed by atoms with Gasteiger partial charge < -0.3 is 4.74 Å². The Hall–Kier alpha value is -0.960. The van der Waals surface area contributed by atoms with Gasteiger partial charge in [0.05, 0.1) is 12.0 Å². The van der Waals surface area contributed by atoms with E-state index in [1.54, 1.807) is 0 Å². The van der Waals surface area contributed by atoms with E-state index in [1.165, 1.54) is 5.75 Å². The number of carbonyl (C=O) groups is 1. The normalized spacial score (nSPS) is 27.7. The molecule has 2 aliphatic heterocycles. The first kappa shape index (κ1) is 11.1. The number of aryl methyl sites for hydroxylation is 1. The molecule has 90 valence electrons. The zero-order valence-electron chi connectivity index (χ0n) is 9.99. The number of ether oxygens (including phenoxy) is 1. The second-order valence-corrected chi connectivity index (χ2v) is 6.15. The van der Waals surface area contributed by atoms with E-state index in [0.29, 0.717) is 6.42 Å². The number of thioether (sulfide) groups is 1. The summed E-state index contributed by atoms with van der Waals surface area (Å²) in [7, 11) is 0. The van der Waals surface area contributed by atoms with Gasteiger partial charge in [0.25, 0.3) is 0 Å². The Bertz CT molecular complexity index is 461. The maximum Gasteiger partial charge on any atom is 0.170 e. The molecule has 0 amide bonds. The summed E-state index contributed by atoms with van der Waals surface area (Å²) < 4.78 is 6.14. The van der Waals surface area contributed by atoms with Gasteiger partial charge in [0, 0.05) is 5.75 Å². The quantitative estimate of drug-likeness (QED) is 0.705. The van der Waals surface area contributed by atoms with Crippen LogP contribution in [-0.2, 0) is 0 Å². The number of hydrogen-bond donors (Lipinski definition) is 0. The minimum absolute atomic E-state index is 0.220. The lowest BCUT2D eigenvalue weighted by atomic mass is 9.87. The SMILES string of the molecule is Cc1ccc2c(c1)C(=O)CC1(CCCSC1)O2. The molecule has 3 heteroatoms. The van der Waals surface area contributed by atoms with Crippen molar-refractivity contribution in [2.24, 2.45) is 0 Å². The third-order valence-electron chi connectivity index (χ3n) is 3.53. The van der Waals surface area contributed by atoms with Crippen LogP contribution in [0.3, 0.4) is 0 Å². The second kappa shape index (κ2) is 4.05. The molecule has 0 saturated carbocycles. The van der Waals surface area contributed by atoms with E-state index in [4.69, 9.17) is 4.74 Å². The van der Waals surface area contributed by atoms with Gasteiger partial charge in [0.1, 0.15) is 11.4 Å². The first-order valence-electron chi connectivity index (χ1n) is 6.09. The van der Waals surface area contributed by atoms with E-state index in [9.17, 15) is 4.79 Å². The van der Waals surface area contributed by atoms with Crippen molar-refractivity contribution in [3.05, 3.63) is 29.3 Å². The van der Waals surface area contributed by atoms with Gasteiger partial charge in [-0.2, -0.15) is 11.8 Å². The molecule has 1 aromatic carbocycles. The molecule has 0 aliphatic carbocycles. The van der Waals surface area contributed by atoms with Crippen molar-refractivity contribution < 1.29 is 9.53 Å². The Labute approximate surface area is 106 Å². The average molecular weight is 248 g/mol. The predicted molar refractivity (Wildman–Crippen MR) is 70.0 cm³/mol. The predicted octanol–water partition coefficient (Wildman–Crippen LogP) is 3.23. The van der Waals surface area contributed by atoms with Gasteiger partial charge in [-0.05, 0) is 37.7 Å². The van der Waals surface area contributed by atoms with Crippen molar-refractivity contribution in [1.29, 1.82) is 0 Å². The average Bonchev–Trinajstić information content (AvgIpc) is 2.31. The molecule has 0 bridgehead atoms. The van der Waals surface area contributed by atoms with E-state index in [0.717, 1.165) is 35.5 Å². The summed E-state index contributed by atoms with van der Waals surface area (Å²) in [5.41, 5.74) is 1.67. The fraction of sp³-hybridized carbons (Fsp3) is 0.500. The second-order valence-electron chi connectivity index (χ2n) is 5.04. The van der Waals surface area contributed by atoms with Crippen molar-refractivity contribution in [2.75, 3.05) is 11.5 Å². The first-order chi connectivity index (χ1) is 8.19. The molecule has 1 saturated heterocycles. The third kappa shape index (κ3) is 1.97. The number of fused-ring (bicyclic) bond motifs is 1. The monoisotopic (exact) mass is 248 g/mol. The topological polar surface area (TPSA) is 26.3 Å². The van der Waals surface area contributed by atoms with Crippen LogP contribution in [0.1, 0.15) is 35.2 Å². The van der Waals surface area contributed by atoms with E-state index >= 15 is 0 Å². The molecule has 2 aliphatic rings. The van der Waals surface area contributed by atoms with Gasteiger partial charge in [-0.25, -0.2) is 0 Å². The van der Waals surface area contributed by atoms with Crippen LogP contribution in [0.25, 0.3) is 0 Å². The number of Topliss-reactive ketones (excluding diaryl/α,β-unsaturated/α-hetero) is 1. The molecular formula is C14H16O2S. The van der Waals surface area contributed by atoms with Crippen LogP contribution < -0.4 is 4.74 Å². The third-order valence-corrected chi connectivity index (χ3v) is 4.84. The van der Waals surface area contributed by atoms with Crippen molar-refractivity contribution in [3.63, 3.8) is 0 Å². The Morgan fingerprint density at radius 2 is 2.29 bits per heavy atom. The van der Waals surface area contributed by atoms with Crippen LogP contribution in [-0.4, -0.2) is 22.9 Å². The van der Waals surface area contributed by atoms with Gasteiger partial charge in [-0.15, -0.1) is 0 Å². The van der Waals surface area contributed by atoms with Crippen LogP contribution in [0.4, 0.5) is 0 Å². The van der Waals surface area contributed by atoms with Crippen LogP contribution >= 0.6 is 11.8 Å². The van der Waals surface area contributed by atoms with E-state index < -0.39 is 0 Å². The molecular weight excluding hydrogens is 232 g/mol. The maximum absolute atomic E-state index is 12.2. The maximum atomic E-state index is 12.2. The Morgan fingerprint density at radius 3 is 3.06 bits per heavy atom. The lowest BCUT2D eigenvalue weighted by Crippen LogP contribution is -2.46. The minimum atomic E-state index is -0.220. The van der Waals surface area contributed by atoms with Gasteiger partial charge in [-0.3, -0.25) is 4.79 Å². The van der Waals surface area contributed by atoms with Crippen molar-refractivity contribution in [3.8, 4) is 5.75 Å². The van der Waals surface area contributed by atoms with Gasteiger partial charge in [-0.1, -0.05) is 11.6 Å². The van der Waals surface area contributed by atoms with Gasteiger partial charge in [0.15, 0.2) is 5.78 Å². The largest absolute Gasteiger partial charge is 0.485 e. The Balaban J connectivity index is 1.97. The zero-order chi connectivity index (χ0) is 11.9. The highest BCUT2D eigenvalue weighted by molar-refractivity contribution is 7.99. The Morgan fingerprint density at radius 1 is 1.41 bits per heavy atom. The molecule has 0 aromatic heterocycles. The smallest absolute Gasteiger partial charge is 0.170 e. The number of ketones is 1. The van der Waals surface area contributed by atoms with Crippen LogP contribution in [0.2, 0.25) is 0 Å². The van der Waals surface area contributed by atoms with Crippen LogP contribution in [0.5, 0.6) is 5.75 Å². The molecule has 1 unspecified atom stereocenters. The summed E-state index contributed by atoms with van der Waals surface area (Å²) in [6.07, 6.45) is 2.72. The molecule has 0 radical (unpaired) electrons. The fourth-order valence-corrected chi connectivity index (χ4v) is 3.82. The zero-order valence-corrected chi connectivity index (χ0v) is 10.8. The molecule has 2 heterocycles. The standard InChI is InChI=1S/C14H16O2S/c1-10-3-4-13-11(7-10)12(15)8-14(16-13)5-2-6-17-9-14/h3-4,7H,2,5-6,8-9H2,1H3. The minimum Gasteiger partial charge on any atom is -0.485 e. The Kier molecular flexibility index (Phi) is 2.66. The number of benzene rings is 1. The van der Waals surface area contributed by atoms with Gasteiger partial charge in [0.2, 0.25) is 0 Å². The molecule has 0 N–H and O–H groups in total. The summed E-state index contributed by atoms with van der Waals surface area (Å²) in [5, 5.41) is 0. The van der Waals surface area contributed by atoms with Gasteiger partial charge >= 0.3 is 0 Å². The molecule has 2 nitrogen and oxygen atoms in total. The first-order valence-corrected chi connectivity index (χ1v) is 7.25. The van der Waals surface area contributed by atoms with Crippen LogP contribution in [0, 0.1) is 6.92 Å². The highest BCUT2D eigenvalue weighted by Crippen LogP contribution is 2.40. The van der Waals surface area contributed by atoms with E-state index in [2.05, 4.69) is 0 Å². The molecule has 3 rings (SSSR count). The summed E-state index contributed by atoms with van der Waals surface area (Å²) >= 11 is 1.90.